The molecule has 0 unspecified atom stereocenters. The van der Waals surface area contributed by atoms with Crippen LogP contribution in [0.4, 0.5) is 10.3 Å². The smallest absolute Gasteiger partial charge is 0.229 e. The molecular weight excluding hydrogens is 297 g/mol. The highest BCUT2D eigenvalue weighted by Crippen LogP contribution is 2.25. The zero-order valence-electron chi connectivity index (χ0n) is 12.6. The van der Waals surface area contributed by atoms with Crippen LogP contribution >= 0.6 is 0 Å². The Hall–Kier alpha value is -2.79. The largest absolute Gasteiger partial charge is 0.338 e. The van der Waals surface area contributed by atoms with Gasteiger partial charge in [-0.3, -0.25) is 0 Å². The zero-order valence-corrected chi connectivity index (χ0v) is 12.6. The molecule has 2 aromatic heterocycles. The molecule has 4 rings (SSSR count). The molecular formula is C15H14FN7. The molecule has 1 aliphatic heterocycles. The van der Waals surface area contributed by atoms with Crippen molar-refractivity contribution >= 4 is 22.5 Å². The van der Waals surface area contributed by atoms with Crippen LogP contribution in [0.3, 0.4) is 0 Å². The summed E-state index contributed by atoms with van der Waals surface area (Å²) in [6.45, 7) is 3.50. The number of nitrogens with zero attached hydrogens (tertiary/aromatic N) is 7. The molecule has 1 fully saturated rings. The average molecular weight is 311 g/mol. The van der Waals surface area contributed by atoms with E-state index in [1.807, 2.05) is 6.07 Å². The lowest BCUT2D eigenvalue weighted by atomic mass is 10.1. The number of nitriles is 1. The first-order valence-corrected chi connectivity index (χ1v) is 7.34. The summed E-state index contributed by atoms with van der Waals surface area (Å²) in [4.78, 5) is 13.2. The monoisotopic (exact) mass is 311 g/mol. The number of hydrogen-bond donors (Lipinski definition) is 0. The van der Waals surface area contributed by atoms with Crippen LogP contribution < -0.4 is 4.90 Å². The van der Waals surface area contributed by atoms with Crippen molar-refractivity contribution in [2.75, 3.05) is 38.1 Å². The molecule has 3 heterocycles. The van der Waals surface area contributed by atoms with Crippen molar-refractivity contribution in [2.24, 2.45) is 0 Å². The number of rotatable bonds is 1. The topological polar surface area (TPSA) is 73.3 Å². The molecule has 116 valence electrons. The van der Waals surface area contributed by atoms with E-state index in [2.05, 4.69) is 31.9 Å². The number of benzene rings is 1. The number of hydrogen-bond acceptors (Lipinski definition) is 6. The van der Waals surface area contributed by atoms with E-state index in [9.17, 15) is 4.39 Å². The number of aromatic nitrogens is 4. The molecule has 0 spiro atoms. The Labute approximate surface area is 131 Å². The van der Waals surface area contributed by atoms with Gasteiger partial charge in [0.05, 0.1) is 11.1 Å². The average Bonchev–Trinajstić information content (AvgIpc) is 3.04. The van der Waals surface area contributed by atoms with E-state index in [4.69, 9.17) is 5.26 Å². The SMILES string of the molecule is CN1CCN(c2nc3cc(F)c(C#N)cc3c3ncnn23)CC1. The number of fused-ring (bicyclic) bond motifs is 3. The predicted octanol–water partition coefficient (Wildman–Crippen LogP) is 1.04. The Morgan fingerprint density at radius 1 is 1.22 bits per heavy atom. The van der Waals surface area contributed by atoms with Crippen LogP contribution in [0.5, 0.6) is 0 Å². The minimum Gasteiger partial charge on any atom is -0.338 e. The standard InChI is InChI=1S/C15H14FN7/c1-21-2-4-22(5-3-21)15-20-13-7-12(16)10(8-17)6-11(13)14-18-9-19-23(14)15/h6-7,9H,2-5H2,1H3. The maximum atomic E-state index is 13.9. The van der Waals surface area contributed by atoms with E-state index in [0.29, 0.717) is 22.5 Å². The minimum absolute atomic E-state index is 0.0171. The van der Waals surface area contributed by atoms with Crippen molar-refractivity contribution in [3.8, 4) is 6.07 Å². The fraction of sp³-hybridized carbons (Fsp3) is 0.333. The zero-order chi connectivity index (χ0) is 16.0. The highest BCUT2D eigenvalue weighted by molar-refractivity contribution is 5.93. The van der Waals surface area contributed by atoms with E-state index < -0.39 is 5.82 Å². The summed E-state index contributed by atoms with van der Waals surface area (Å²) in [7, 11) is 2.08. The Bertz CT molecular complexity index is 934. The van der Waals surface area contributed by atoms with Crippen LogP contribution in [0.1, 0.15) is 5.56 Å². The fourth-order valence-corrected chi connectivity index (χ4v) is 2.86. The van der Waals surface area contributed by atoms with Gasteiger partial charge in [-0.25, -0.2) is 14.4 Å². The number of piperazine rings is 1. The number of halogens is 1. The van der Waals surface area contributed by atoms with Gasteiger partial charge >= 0.3 is 0 Å². The van der Waals surface area contributed by atoms with Crippen molar-refractivity contribution < 1.29 is 4.39 Å². The number of anilines is 1. The third-order valence-corrected chi connectivity index (χ3v) is 4.19. The molecule has 0 atom stereocenters. The molecule has 1 saturated heterocycles. The lowest BCUT2D eigenvalue weighted by Gasteiger charge is -2.33. The van der Waals surface area contributed by atoms with Gasteiger partial charge in [0, 0.05) is 37.6 Å². The van der Waals surface area contributed by atoms with Gasteiger partial charge in [0.25, 0.3) is 0 Å². The molecule has 0 bridgehead atoms. The summed E-state index contributed by atoms with van der Waals surface area (Å²) in [5, 5.41) is 13.9. The third kappa shape index (κ3) is 2.17. The van der Waals surface area contributed by atoms with Gasteiger partial charge in [-0.15, -0.1) is 0 Å². The highest BCUT2D eigenvalue weighted by atomic mass is 19.1. The Balaban J connectivity index is 1.94. The van der Waals surface area contributed by atoms with Crippen LogP contribution in [-0.2, 0) is 0 Å². The highest BCUT2D eigenvalue weighted by Gasteiger charge is 2.21. The molecule has 0 aliphatic carbocycles. The molecule has 0 amide bonds. The van der Waals surface area contributed by atoms with Crippen LogP contribution in [0.2, 0.25) is 0 Å². The molecule has 23 heavy (non-hydrogen) atoms. The summed E-state index contributed by atoms with van der Waals surface area (Å²) >= 11 is 0. The minimum atomic E-state index is -0.569. The second-order valence-corrected chi connectivity index (χ2v) is 5.66. The van der Waals surface area contributed by atoms with Crippen molar-refractivity contribution in [3.63, 3.8) is 0 Å². The quantitative estimate of drug-likeness (QED) is 0.668. The van der Waals surface area contributed by atoms with E-state index >= 15 is 0 Å². The molecule has 3 aromatic rings. The number of likely N-dealkylation sites (N-methyl/N-ethyl adjacent to an activating group) is 1. The third-order valence-electron chi connectivity index (χ3n) is 4.19. The fourth-order valence-electron chi connectivity index (χ4n) is 2.86. The summed E-state index contributed by atoms with van der Waals surface area (Å²) in [5.74, 6) is 0.0860. The van der Waals surface area contributed by atoms with Gasteiger partial charge < -0.3 is 9.80 Å². The van der Waals surface area contributed by atoms with Crippen molar-refractivity contribution in [3.05, 3.63) is 29.8 Å². The normalized spacial score (nSPS) is 16.1. The second-order valence-electron chi connectivity index (χ2n) is 5.66. The van der Waals surface area contributed by atoms with Crippen LogP contribution in [-0.4, -0.2) is 57.7 Å². The van der Waals surface area contributed by atoms with E-state index in [0.717, 1.165) is 26.2 Å². The molecule has 1 aromatic carbocycles. The van der Waals surface area contributed by atoms with E-state index in [1.54, 1.807) is 4.52 Å². The summed E-state index contributed by atoms with van der Waals surface area (Å²) in [5.41, 5.74) is 1.05. The van der Waals surface area contributed by atoms with E-state index in [1.165, 1.54) is 18.5 Å². The molecule has 0 radical (unpaired) electrons. The Morgan fingerprint density at radius 3 is 2.74 bits per heavy atom. The first-order chi connectivity index (χ1) is 11.2. The lowest BCUT2D eigenvalue weighted by molar-refractivity contribution is 0.310. The maximum absolute atomic E-state index is 13.9. The van der Waals surface area contributed by atoms with E-state index in [-0.39, 0.29) is 5.56 Å². The molecule has 0 saturated carbocycles. The van der Waals surface area contributed by atoms with Crippen LogP contribution in [0.25, 0.3) is 16.6 Å². The van der Waals surface area contributed by atoms with Gasteiger partial charge in [-0.05, 0) is 13.1 Å². The van der Waals surface area contributed by atoms with Gasteiger partial charge in [-0.2, -0.15) is 14.9 Å². The van der Waals surface area contributed by atoms with Gasteiger partial charge in [0.15, 0.2) is 5.65 Å². The molecule has 8 heteroatoms. The lowest BCUT2D eigenvalue weighted by Crippen LogP contribution is -2.45. The summed E-state index contributed by atoms with van der Waals surface area (Å²) in [6.07, 6.45) is 1.45. The van der Waals surface area contributed by atoms with Gasteiger partial charge in [0.1, 0.15) is 18.2 Å². The Morgan fingerprint density at radius 2 is 2.00 bits per heavy atom. The van der Waals surface area contributed by atoms with Gasteiger partial charge in [0.2, 0.25) is 5.95 Å². The van der Waals surface area contributed by atoms with Crippen molar-refractivity contribution in [2.45, 2.75) is 0 Å². The van der Waals surface area contributed by atoms with Crippen LogP contribution in [0, 0.1) is 17.1 Å². The second kappa shape index (κ2) is 5.14. The van der Waals surface area contributed by atoms with Crippen LogP contribution in [0.15, 0.2) is 18.5 Å². The summed E-state index contributed by atoms with van der Waals surface area (Å²) < 4.78 is 15.6. The first-order valence-electron chi connectivity index (χ1n) is 7.34. The van der Waals surface area contributed by atoms with Crippen molar-refractivity contribution in [1.29, 1.82) is 5.26 Å². The molecule has 7 nitrogen and oxygen atoms in total. The van der Waals surface area contributed by atoms with Crippen molar-refractivity contribution in [1.82, 2.24) is 24.5 Å². The Kier molecular flexibility index (Phi) is 3.09. The molecule has 1 aliphatic rings. The predicted molar refractivity (Wildman–Crippen MR) is 82.7 cm³/mol. The van der Waals surface area contributed by atoms with Gasteiger partial charge in [-0.1, -0.05) is 0 Å². The maximum Gasteiger partial charge on any atom is 0.229 e. The summed E-state index contributed by atoms with van der Waals surface area (Å²) in [6, 6.07) is 4.63. The first kappa shape index (κ1) is 13.8. The molecule has 0 N–H and O–H groups in total.